The molecule has 4 aliphatic rings. The minimum atomic E-state index is -3.23. The fourth-order valence-electron chi connectivity index (χ4n) is 6.59. The molecule has 0 bridgehead atoms. The Bertz CT molecular complexity index is 747. The lowest BCUT2D eigenvalue weighted by molar-refractivity contribution is -0.200. The summed E-state index contributed by atoms with van der Waals surface area (Å²) in [6.45, 7) is 0.347. The van der Waals surface area contributed by atoms with Crippen LogP contribution in [-0.4, -0.2) is 80.3 Å². The third-order valence-electron chi connectivity index (χ3n) is 8.91. The number of halogens is 9. The lowest BCUT2D eigenvalue weighted by Crippen LogP contribution is -2.64. The molecule has 38 heavy (non-hydrogen) atoms. The fourth-order valence-corrected chi connectivity index (χ4v) is 6.59. The third-order valence-corrected chi connectivity index (χ3v) is 8.91. The van der Waals surface area contributed by atoms with Gasteiger partial charge in [0.15, 0.2) is 30.9 Å². The lowest BCUT2D eigenvalue weighted by Gasteiger charge is -2.47. The highest BCUT2D eigenvalue weighted by atomic mass is 19.2. The van der Waals surface area contributed by atoms with Crippen LogP contribution in [0.15, 0.2) is 0 Å². The number of esters is 1. The highest BCUT2D eigenvalue weighted by Crippen LogP contribution is 2.48. The maximum Gasteiger partial charge on any atom is 0.308 e. The maximum atomic E-state index is 15.0. The molecule has 0 aromatic rings. The summed E-state index contributed by atoms with van der Waals surface area (Å²) in [6, 6.07) is 0. The van der Waals surface area contributed by atoms with Gasteiger partial charge in [0.1, 0.15) is 30.8 Å². The van der Waals surface area contributed by atoms with Crippen molar-refractivity contribution in [2.45, 2.75) is 126 Å². The first kappa shape index (κ1) is 29.8. The second-order valence-corrected chi connectivity index (χ2v) is 11.4. The van der Waals surface area contributed by atoms with E-state index in [-0.39, 0.29) is 31.7 Å². The molecule has 0 aromatic carbocycles. The Morgan fingerprint density at radius 1 is 0.553 bits per heavy atom. The number of carbonyl (C=O) groups is 1. The number of hydrogen-bond acceptors (Lipinski definition) is 3. The van der Waals surface area contributed by atoms with Gasteiger partial charge in [0.2, 0.25) is 0 Å². The molecule has 0 heterocycles. The SMILES string of the molecule is O=C(OCC1CCCCC1)C1CCC(OC2C(F)C(F)C(C3C(F)C(F)C(F)C(F)C3F)C(F)C2F)CC1. The Balaban J connectivity index is 1.31. The van der Waals surface area contributed by atoms with E-state index in [1.54, 1.807) is 0 Å². The molecule has 0 saturated heterocycles. The van der Waals surface area contributed by atoms with E-state index in [4.69, 9.17) is 9.47 Å². The normalized spacial score (nSPS) is 49.0. The first-order valence-corrected chi connectivity index (χ1v) is 13.6. The summed E-state index contributed by atoms with van der Waals surface area (Å²) in [5, 5.41) is 0. The van der Waals surface area contributed by atoms with Crippen LogP contribution in [0.4, 0.5) is 39.5 Å². The number of carbonyl (C=O) groups excluding carboxylic acids is 1. The van der Waals surface area contributed by atoms with Crippen LogP contribution in [0.3, 0.4) is 0 Å². The molecule has 4 rings (SSSR count). The van der Waals surface area contributed by atoms with Crippen molar-refractivity contribution in [3.05, 3.63) is 0 Å². The minimum absolute atomic E-state index is 0.170. The van der Waals surface area contributed by atoms with Gasteiger partial charge in [-0.1, -0.05) is 19.3 Å². The maximum absolute atomic E-state index is 15.0. The van der Waals surface area contributed by atoms with Gasteiger partial charge in [-0.15, -0.1) is 0 Å². The molecule has 4 aliphatic carbocycles. The van der Waals surface area contributed by atoms with E-state index in [9.17, 15) is 44.3 Å². The van der Waals surface area contributed by atoms with Gasteiger partial charge in [-0.3, -0.25) is 4.79 Å². The van der Waals surface area contributed by atoms with Gasteiger partial charge in [0, 0.05) is 11.8 Å². The zero-order valence-electron chi connectivity index (χ0n) is 20.9. The quantitative estimate of drug-likeness (QED) is 0.278. The van der Waals surface area contributed by atoms with E-state index in [1.165, 1.54) is 6.42 Å². The van der Waals surface area contributed by atoms with Gasteiger partial charge in [-0.05, 0) is 44.4 Å². The molecule has 8 unspecified atom stereocenters. The van der Waals surface area contributed by atoms with E-state index in [0.717, 1.165) is 25.7 Å². The van der Waals surface area contributed by atoms with Crippen LogP contribution in [0, 0.1) is 23.7 Å². The Hall–Kier alpha value is -1.20. The van der Waals surface area contributed by atoms with Crippen LogP contribution in [0.5, 0.6) is 0 Å². The van der Waals surface area contributed by atoms with Crippen LogP contribution in [0.25, 0.3) is 0 Å². The van der Waals surface area contributed by atoms with Crippen molar-refractivity contribution in [1.29, 1.82) is 0 Å². The number of alkyl halides is 9. The van der Waals surface area contributed by atoms with Gasteiger partial charge in [0.25, 0.3) is 0 Å². The topological polar surface area (TPSA) is 35.5 Å². The Kier molecular flexibility index (Phi) is 9.83. The van der Waals surface area contributed by atoms with Gasteiger partial charge < -0.3 is 9.47 Å². The average molecular weight is 567 g/mol. The molecule has 12 heteroatoms. The fraction of sp³-hybridized carbons (Fsp3) is 0.962. The van der Waals surface area contributed by atoms with Crippen LogP contribution in [0.1, 0.15) is 57.8 Å². The van der Waals surface area contributed by atoms with E-state index in [0.29, 0.717) is 12.5 Å². The van der Waals surface area contributed by atoms with Crippen molar-refractivity contribution in [2.75, 3.05) is 6.61 Å². The zero-order valence-corrected chi connectivity index (χ0v) is 20.9. The molecule has 0 aliphatic heterocycles. The van der Waals surface area contributed by atoms with Crippen molar-refractivity contribution < 1.29 is 53.8 Å². The molecule has 8 atom stereocenters. The molecule has 4 saturated carbocycles. The Labute approximate surface area is 216 Å². The molecule has 0 amide bonds. The molecule has 4 fully saturated rings. The van der Waals surface area contributed by atoms with Gasteiger partial charge in [0.05, 0.1) is 18.6 Å². The van der Waals surface area contributed by atoms with E-state index >= 15 is 0 Å². The predicted molar refractivity (Wildman–Crippen MR) is 119 cm³/mol. The van der Waals surface area contributed by atoms with Crippen LogP contribution in [0.2, 0.25) is 0 Å². The standard InChI is InChI=1S/C26H35F9O3/c27-16-14(17(28)21(32)22(33)20(16)31)15-18(29)23(34)25(24(35)19(15)30)38-13-8-6-12(7-9-13)26(36)37-10-11-4-2-1-3-5-11/h11-25H,1-10H2. The predicted octanol–water partition coefficient (Wildman–Crippen LogP) is 6.36. The van der Waals surface area contributed by atoms with Crippen molar-refractivity contribution in [1.82, 2.24) is 0 Å². The smallest absolute Gasteiger partial charge is 0.308 e. The minimum Gasteiger partial charge on any atom is -0.465 e. The highest BCUT2D eigenvalue weighted by Gasteiger charge is 2.64. The van der Waals surface area contributed by atoms with Gasteiger partial charge in [-0.25, -0.2) is 39.5 Å². The first-order valence-electron chi connectivity index (χ1n) is 13.6. The van der Waals surface area contributed by atoms with Crippen LogP contribution >= 0.6 is 0 Å². The monoisotopic (exact) mass is 566 g/mol. The summed E-state index contributed by atoms with van der Waals surface area (Å²) < 4.78 is 140. The van der Waals surface area contributed by atoms with E-state index in [2.05, 4.69) is 0 Å². The third kappa shape index (κ3) is 5.94. The molecule has 0 aromatic heterocycles. The molecule has 0 radical (unpaired) electrons. The van der Waals surface area contributed by atoms with Gasteiger partial charge >= 0.3 is 5.97 Å². The molecular formula is C26H35F9O3. The molecule has 3 nitrogen and oxygen atoms in total. The largest absolute Gasteiger partial charge is 0.465 e. The summed E-state index contributed by atoms with van der Waals surface area (Å²) in [4.78, 5) is 12.4. The second kappa shape index (κ2) is 12.5. The van der Waals surface area contributed by atoms with Crippen molar-refractivity contribution in [2.24, 2.45) is 23.7 Å². The summed E-state index contributed by atoms with van der Waals surface area (Å²) in [6.07, 6.45) is -24.6. The summed E-state index contributed by atoms with van der Waals surface area (Å²) >= 11 is 0. The van der Waals surface area contributed by atoms with Crippen LogP contribution in [-0.2, 0) is 14.3 Å². The highest BCUT2D eigenvalue weighted by molar-refractivity contribution is 5.72. The Morgan fingerprint density at radius 3 is 1.50 bits per heavy atom. The van der Waals surface area contributed by atoms with Crippen molar-refractivity contribution >= 4 is 5.97 Å². The average Bonchev–Trinajstić information content (AvgIpc) is 2.93. The number of hydrogen-bond donors (Lipinski definition) is 0. The van der Waals surface area contributed by atoms with Gasteiger partial charge in [-0.2, -0.15) is 0 Å². The molecule has 220 valence electrons. The van der Waals surface area contributed by atoms with E-state index in [1.807, 2.05) is 0 Å². The van der Waals surface area contributed by atoms with Crippen molar-refractivity contribution in [3.63, 3.8) is 0 Å². The van der Waals surface area contributed by atoms with Crippen molar-refractivity contribution in [3.8, 4) is 0 Å². The summed E-state index contributed by atoms with van der Waals surface area (Å²) in [7, 11) is 0. The summed E-state index contributed by atoms with van der Waals surface area (Å²) in [5.74, 6) is -5.91. The molecular weight excluding hydrogens is 531 g/mol. The second-order valence-electron chi connectivity index (χ2n) is 11.4. The summed E-state index contributed by atoms with van der Waals surface area (Å²) in [5.41, 5.74) is 0. The number of rotatable bonds is 6. The first-order chi connectivity index (χ1) is 18.0. The number of ether oxygens (including phenoxy) is 2. The van der Waals surface area contributed by atoms with E-state index < -0.39 is 85.5 Å². The Morgan fingerprint density at radius 2 is 1.00 bits per heavy atom. The lowest BCUT2D eigenvalue weighted by atomic mass is 9.67. The molecule has 0 spiro atoms. The molecule has 0 N–H and O–H groups in total. The van der Waals surface area contributed by atoms with Crippen LogP contribution < -0.4 is 0 Å². The zero-order chi connectivity index (χ0) is 27.7.